The minimum absolute atomic E-state index is 0.165. The number of aromatic nitrogens is 2. The summed E-state index contributed by atoms with van der Waals surface area (Å²) in [7, 11) is -3.94. The van der Waals surface area contributed by atoms with Gasteiger partial charge in [0, 0.05) is 39.9 Å². The summed E-state index contributed by atoms with van der Waals surface area (Å²) in [6.07, 6.45) is 3.22. The second kappa shape index (κ2) is 11.7. The van der Waals surface area contributed by atoms with E-state index in [4.69, 9.17) is 5.73 Å². The maximum atomic E-state index is 13.8. The zero-order chi connectivity index (χ0) is 29.3. The van der Waals surface area contributed by atoms with Gasteiger partial charge in [-0.3, -0.25) is 4.79 Å². The van der Waals surface area contributed by atoms with Crippen molar-refractivity contribution in [2.75, 3.05) is 6.54 Å². The number of nitrogens with one attached hydrogen (secondary N) is 1. The number of rotatable bonds is 8. The molecule has 0 saturated carbocycles. The van der Waals surface area contributed by atoms with Crippen LogP contribution in [0.1, 0.15) is 21.3 Å². The van der Waals surface area contributed by atoms with Gasteiger partial charge in [-0.05, 0) is 51.3 Å². The van der Waals surface area contributed by atoms with Crippen molar-refractivity contribution in [1.29, 1.82) is 0 Å². The smallest absolute Gasteiger partial charge is 0.269 e. The van der Waals surface area contributed by atoms with Gasteiger partial charge in [-0.2, -0.15) is 0 Å². The second-order valence-electron chi connectivity index (χ2n) is 9.54. The van der Waals surface area contributed by atoms with Gasteiger partial charge in [-0.15, -0.1) is 11.3 Å². The Labute approximate surface area is 255 Å². The number of pyridine rings is 1. The summed E-state index contributed by atoms with van der Waals surface area (Å²) in [4.78, 5) is 19.3. The summed E-state index contributed by atoms with van der Waals surface area (Å²) in [6, 6.07) is 30.8. The molecule has 0 aliphatic rings. The van der Waals surface area contributed by atoms with Crippen molar-refractivity contribution in [3.05, 3.63) is 130 Å². The summed E-state index contributed by atoms with van der Waals surface area (Å²) in [5.74, 6) is -0.246. The van der Waals surface area contributed by atoms with Crippen LogP contribution in [0.25, 0.3) is 32.6 Å². The average Bonchev–Trinajstić information content (AvgIpc) is 3.63. The zero-order valence-electron chi connectivity index (χ0n) is 22.1. The Morgan fingerprint density at radius 2 is 1.57 bits per heavy atom. The maximum absolute atomic E-state index is 13.8. The highest BCUT2D eigenvalue weighted by Gasteiger charge is 2.26. The molecule has 0 radical (unpaired) electrons. The standard InChI is InChI=1S/C32H25BrN4O3S2/c33-26-18-28(32(38)36-27(19-34)22-12-6-2-7-13-22)41-30(26)24-16-17-35-31-29(24)25(21-10-4-1-5-11-21)20-37(31)42(39,40)23-14-8-3-9-15-23/h1-18,20,27H,19,34H2,(H,36,38). The highest BCUT2D eigenvalue weighted by Crippen LogP contribution is 2.44. The van der Waals surface area contributed by atoms with E-state index in [1.165, 1.54) is 15.3 Å². The first kappa shape index (κ1) is 28.0. The topological polar surface area (TPSA) is 107 Å². The zero-order valence-corrected chi connectivity index (χ0v) is 25.4. The molecule has 3 N–H and O–H groups in total. The molecule has 6 rings (SSSR count). The van der Waals surface area contributed by atoms with E-state index in [0.717, 1.165) is 21.6 Å². The first-order valence-electron chi connectivity index (χ1n) is 13.1. The molecular formula is C32H25BrN4O3S2. The van der Waals surface area contributed by atoms with Crippen LogP contribution in [0.5, 0.6) is 0 Å². The average molecular weight is 658 g/mol. The van der Waals surface area contributed by atoms with E-state index in [2.05, 4.69) is 26.2 Å². The van der Waals surface area contributed by atoms with Crippen LogP contribution in [-0.2, 0) is 10.0 Å². The quantitative estimate of drug-likeness (QED) is 0.186. The number of carbonyl (C=O) groups is 1. The van der Waals surface area contributed by atoms with Crippen LogP contribution in [-0.4, -0.2) is 29.8 Å². The molecule has 0 aliphatic heterocycles. The van der Waals surface area contributed by atoms with Gasteiger partial charge < -0.3 is 11.1 Å². The Kier molecular flexibility index (Phi) is 7.78. The molecule has 6 aromatic rings. The molecule has 1 amide bonds. The number of thiophene rings is 1. The lowest BCUT2D eigenvalue weighted by Gasteiger charge is -2.16. The number of carbonyl (C=O) groups excluding carboxylic acids is 1. The lowest BCUT2D eigenvalue weighted by atomic mass is 10.0. The summed E-state index contributed by atoms with van der Waals surface area (Å²) in [5, 5.41) is 3.71. The number of halogens is 1. The summed E-state index contributed by atoms with van der Waals surface area (Å²) in [6.45, 7) is 0.254. The lowest BCUT2D eigenvalue weighted by molar-refractivity contribution is 0.0942. The SMILES string of the molecule is NCC(NC(=O)c1cc(Br)c(-c2ccnc3c2c(-c2ccccc2)cn3S(=O)(=O)c2ccccc2)s1)c1ccccc1. The van der Waals surface area contributed by atoms with Gasteiger partial charge >= 0.3 is 0 Å². The molecule has 0 bridgehead atoms. The van der Waals surface area contributed by atoms with Crippen LogP contribution in [0.3, 0.4) is 0 Å². The predicted octanol–water partition coefficient (Wildman–Crippen LogP) is 6.86. The third-order valence-electron chi connectivity index (χ3n) is 6.94. The normalized spacial score (nSPS) is 12.3. The van der Waals surface area contributed by atoms with Crippen molar-refractivity contribution >= 4 is 54.2 Å². The Morgan fingerprint density at radius 3 is 2.24 bits per heavy atom. The molecular weight excluding hydrogens is 632 g/mol. The van der Waals surface area contributed by atoms with Crippen molar-refractivity contribution in [3.63, 3.8) is 0 Å². The van der Waals surface area contributed by atoms with E-state index in [-0.39, 0.29) is 23.4 Å². The number of nitrogens with two attached hydrogens (primary N) is 1. The number of fused-ring (bicyclic) bond motifs is 1. The Hall–Kier alpha value is -4.09. The molecule has 1 unspecified atom stereocenters. The Bertz CT molecular complexity index is 1990. The van der Waals surface area contributed by atoms with E-state index in [1.807, 2.05) is 66.7 Å². The Morgan fingerprint density at radius 1 is 0.929 bits per heavy atom. The fourth-order valence-corrected chi connectivity index (χ4v) is 8.06. The van der Waals surface area contributed by atoms with Crippen LogP contribution < -0.4 is 11.1 Å². The second-order valence-corrected chi connectivity index (χ2v) is 13.3. The van der Waals surface area contributed by atoms with E-state index in [1.54, 1.807) is 48.8 Å². The number of hydrogen-bond acceptors (Lipinski definition) is 6. The van der Waals surface area contributed by atoms with Crippen LogP contribution in [0, 0.1) is 0 Å². The van der Waals surface area contributed by atoms with Gasteiger partial charge in [0.1, 0.15) is 0 Å². The van der Waals surface area contributed by atoms with Crippen LogP contribution >= 0.6 is 27.3 Å². The molecule has 210 valence electrons. The maximum Gasteiger partial charge on any atom is 0.269 e. The summed E-state index contributed by atoms with van der Waals surface area (Å²) < 4.78 is 29.6. The highest BCUT2D eigenvalue weighted by atomic mass is 79.9. The minimum atomic E-state index is -3.94. The van der Waals surface area contributed by atoms with Crippen molar-refractivity contribution in [2.24, 2.45) is 5.73 Å². The van der Waals surface area contributed by atoms with Crippen molar-refractivity contribution in [3.8, 4) is 21.6 Å². The van der Waals surface area contributed by atoms with E-state index in [0.29, 0.717) is 25.9 Å². The van der Waals surface area contributed by atoms with Crippen molar-refractivity contribution < 1.29 is 13.2 Å². The third-order valence-corrected chi connectivity index (χ3v) is 10.7. The van der Waals surface area contributed by atoms with Gasteiger partial charge in [-0.1, -0.05) is 78.9 Å². The van der Waals surface area contributed by atoms with E-state index >= 15 is 0 Å². The fourth-order valence-electron chi connectivity index (χ4n) is 4.90. The number of amides is 1. The Balaban J connectivity index is 1.48. The molecule has 10 heteroatoms. The molecule has 3 heterocycles. The number of hydrogen-bond donors (Lipinski definition) is 2. The predicted molar refractivity (Wildman–Crippen MR) is 171 cm³/mol. The first-order valence-corrected chi connectivity index (χ1v) is 16.1. The molecule has 3 aromatic heterocycles. The lowest BCUT2D eigenvalue weighted by Crippen LogP contribution is -2.32. The van der Waals surface area contributed by atoms with Crippen LogP contribution in [0.15, 0.2) is 125 Å². The molecule has 3 aromatic carbocycles. The fraction of sp³-hybridized carbons (Fsp3) is 0.0625. The van der Waals surface area contributed by atoms with Gasteiger partial charge in [0.15, 0.2) is 5.65 Å². The molecule has 7 nitrogen and oxygen atoms in total. The first-order chi connectivity index (χ1) is 20.4. The van der Waals surface area contributed by atoms with E-state index in [9.17, 15) is 13.2 Å². The molecule has 0 saturated heterocycles. The minimum Gasteiger partial charge on any atom is -0.343 e. The largest absolute Gasteiger partial charge is 0.343 e. The van der Waals surface area contributed by atoms with Crippen LogP contribution in [0.2, 0.25) is 0 Å². The molecule has 0 spiro atoms. The van der Waals surface area contributed by atoms with E-state index < -0.39 is 10.0 Å². The van der Waals surface area contributed by atoms with Crippen LogP contribution in [0.4, 0.5) is 0 Å². The third kappa shape index (κ3) is 5.18. The number of nitrogens with zero attached hydrogens (tertiary/aromatic N) is 2. The van der Waals surface area contributed by atoms with Crippen molar-refractivity contribution in [1.82, 2.24) is 14.3 Å². The summed E-state index contributed by atoms with van der Waals surface area (Å²) >= 11 is 4.97. The number of benzene rings is 3. The highest BCUT2D eigenvalue weighted by molar-refractivity contribution is 9.10. The molecule has 0 aliphatic carbocycles. The van der Waals surface area contributed by atoms with Gasteiger partial charge in [-0.25, -0.2) is 17.4 Å². The molecule has 42 heavy (non-hydrogen) atoms. The van der Waals surface area contributed by atoms with Crippen molar-refractivity contribution in [2.45, 2.75) is 10.9 Å². The summed E-state index contributed by atoms with van der Waals surface area (Å²) in [5.41, 5.74) is 9.54. The molecule has 0 fully saturated rings. The molecule has 1 atom stereocenters. The van der Waals surface area contributed by atoms with Gasteiger partial charge in [0.25, 0.3) is 15.9 Å². The monoisotopic (exact) mass is 656 g/mol. The van der Waals surface area contributed by atoms with Gasteiger partial charge in [0.05, 0.1) is 20.7 Å². The van der Waals surface area contributed by atoms with Gasteiger partial charge in [0.2, 0.25) is 0 Å².